The summed E-state index contributed by atoms with van der Waals surface area (Å²) >= 11 is 0. The van der Waals surface area contributed by atoms with E-state index in [1.165, 1.54) is 11.8 Å². The first kappa shape index (κ1) is 15.4. The zero-order chi connectivity index (χ0) is 15.6. The minimum atomic E-state index is -1.22. The predicted octanol–water partition coefficient (Wildman–Crippen LogP) is 2.09. The van der Waals surface area contributed by atoms with Gasteiger partial charge in [0.25, 0.3) is 0 Å². The lowest BCUT2D eigenvalue weighted by molar-refractivity contribution is -0.158. The molecule has 1 aromatic carbocycles. The summed E-state index contributed by atoms with van der Waals surface area (Å²) in [5.41, 5.74) is -0.352. The van der Waals surface area contributed by atoms with Crippen LogP contribution in [0.15, 0.2) is 24.3 Å². The Labute approximate surface area is 124 Å². The molecule has 2 rings (SSSR count). The van der Waals surface area contributed by atoms with Crippen LogP contribution in [-0.2, 0) is 16.0 Å². The molecule has 0 radical (unpaired) electrons. The van der Waals surface area contributed by atoms with Gasteiger partial charge in [0, 0.05) is 19.4 Å². The molecule has 0 aliphatic heterocycles. The van der Waals surface area contributed by atoms with Crippen LogP contribution in [0.25, 0.3) is 0 Å². The number of carbonyl (C=O) groups excluding carboxylic acids is 1. The Hall–Kier alpha value is -2.04. The Morgan fingerprint density at radius 2 is 1.90 bits per heavy atom. The lowest BCUT2D eigenvalue weighted by Gasteiger charge is -2.38. The van der Waals surface area contributed by atoms with Crippen LogP contribution in [0.2, 0.25) is 0 Å². The SMILES string of the molecule is COc1ccc(CC(C)(C(=O)O)N(C(C)=O)C2CC2)cc1. The average molecular weight is 291 g/mol. The van der Waals surface area contributed by atoms with Crippen molar-refractivity contribution < 1.29 is 19.4 Å². The van der Waals surface area contributed by atoms with Crippen LogP contribution in [0.5, 0.6) is 5.75 Å². The summed E-state index contributed by atoms with van der Waals surface area (Å²) in [7, 11) is 1.58. The van der Waals surface area contributed by atoms with E-state index in [0.29, 0.717) is 0 Å². The third kappa shape index (κ3) is 3.17. The Kier molecular flexibility index (Phi) is 4.21. The lowest BCUT2D eigenvalue weighted by atomic mass is 9.90. The summed E-state index contributed by atoms with van der Waals surface area (Å²) in [6.45, 7) is 3.06. The molecule has 1 unspecified atom stereocenters. The number of carboxylic acids is 1. The molecule has 114 valence electrons. The summed E-state index contributed by atoms with van der Waals surface area (Å²) in [6.07, 6.45) is 2.04. The van der Waals surface area contributed by atoms with Gasteiger partial charge in [-0.1, -0.05) is 12.1 Å². The molecule has 1 aromatic rings. The molecule has 0 bridgehead atoms. The van der Waals surface area contributed by atoms with Crippen molar-refractivity contribution in [1.82, 2.24) is 4.90 Å². The summed E-state index contributed by atoms with van der Waals surface area (Å²) < 4.78 is 5.10. The first-order valence-corrected chi connectivity index (χ1v) is 7.04. The maximum absolute atomic E-state index is 11.9. The molecule has 1 aliphatic rings. The van der Waals surface area contributed by atoms with Gasteiger partial charge in [-0.05, 0) is 37.5 Å². The number of benzene rings is 1. The average Bonchev–Trinajstić information content (AvgIpc) is 3.23. The summed E-state index contributed by atoms with van der Waals surface area (Å²) in [5.74, 6) is -0.433. The van der Waals surface area contributed by atoms with Gasteiger partial charge in [-0.3, -0.25) is 4.79 Å². The monoisotopic (exact) mass is 291 g/mol. The van der Waals surface area contributed by atoms with Gasteiger partial charge in [0.05, 0.1) is 7.11 Å². The third-order valence-electron chi connectivity index (χ3n) is 3.95. The number of ether oxygens (including phenoxy) is 1. The van der Waals surface area contributed by atoms with Crippen molar-refractivity contribution in [1.29, 1.82) is 0 Å². The fourth-order valence-electron chi connectivity index (χ4n) is 2.74. The highest BCUT2D eigenvalue weighted by atomic mass is 16.5. The maximum atomic E-state index is 11.9. The predicted molar refractivity (Wildman–Crippen MR) is 78.3 cm³/mol. The highest BCUT2D eigenvalue weighted by Crippen LogP contribution is 2.35. The van der Waals surface area contributed by atoms with E-state index in [0.717, 1.165) is 24.2 Å². The molecule has 1 fully saturated rings. The molecule has 5 nitrogen and oxygen atoms in total. The smallest absolute Gasteiger partial charge is 0.329 e. The highest BCUT2D eigenvalue weighted by Gasteiger charge is 2.47. The van der Waals surface area contributed by atoms with Crippen molar-refractivity contribution >= 4 is 11.9 Å². The number of hydrogen-bond acceptors (Lipinski definition) is 3. The molecule has 0 saturated heterocycles. The molecule has 0 aromatic heterocycles. The van der Waals surface area contributed by atoms with Gasteiger partial charge < -0.3 is 14.7 Å². The van der Waals surface area contributed by atoms with Gasteiger partial charge in [0.15, 0.2) is 0 Å². The zero-order valence-corrected chi connectivity index (χ0v) is 12.6. The van der Waals surface area contributed by atoms with Crippen LogP contribution in [-0.4, -0.2) is 40.6 Å². The molecule has 0 spiro atoms. The standard InChI is InChI=1S/C16H21NO4/c1-11(18)17(13-6-7-13)16(2,15(19)20)10-12-4-8-14(21-3)9-5-12/h4-5,8-9,13H,6-7,10H2,1-3H3,(H,19,20). The van der Waals surface area contributed by atoms with E-state index in [2.05, 4.69) is 0 Å². The fourth-order valence-corrected chi connectivity index (χ4v) is 2.74. The summed E-state index contributed by atoms with van der Waals surface area (Å²) in [5, 5.41) is 9.67. The second-order valence-corrected chi connectivity index (χ2v) is 5.72. The van der Waals surface area contributed by atoms with Crippen molar-refractivity contribution in [2.45, 2.75) is 44.7 Å². The number of aliphatic carboxylic acids is 1. The van der Waals surface area contributed by atoms with E-state index in [1.54, 1.807) is 26.2 Å². The van der Waals surface area contributed by atoms with Crippen LogP contribution in [0, 0.1) is 0 Å². The molecule has 1 aliphatic carbocycles. The van der Waals surface area contributed by atoms with Crippen LogP contribution < -0.4 is 4.74 Å². The van der Waals surface area contributed by atoms with Crippen molar-refractivity contribution in [3.8, 4) is 5.75 Å². The second kappa shape index (κ2) is 5.76. The van der Waals surface area contributed by atoms with Crippen molar-refractivity contribution in [3.05, 3.63) is 29.8 Å². The molecule has 1 saturated carbocycles. The van der Waals surface area contributed by atoms with Crippen molar-refractivity contribution in [3.63, 3.8) is 0 Å². The Balaban J connectivity index is 2.28. The van der Waals surface area contributed by atoms with Crippen LogP contribution in [0.4, 0.5) is 0 Å². The molecule has 5 heteroatoms. The quantitative estimate of drug-likeness (QED) is 0.871. The molecule has 1 amide bonds. The van der Waals surface area contributed by atoms with Crippen molar-refractivity contribution in [2.24, 2.45) is 0 Å². The van der Waals surface area contributed by atoms with E-state index >= 15 is 0 Å². The van der Waals surface area contributed by atoms with Gasteiger partial charge >= 0.3 is 5.97 Å². The lowest BCUT2D eigenvalue weighted by Crippen LogP contribution is -2.57. The molecule has 21 heavy (non-hydrogen) atoms. The van der Waals surface area contributed by atoms with Gasteiger partial charge in [0.1, 0.15) is 11.3 Å². The number of amides is 1. The zero-order valence-electron chi connectivity index (χ0n) is 12.6. The largest absolute Gasteiger partial charge is 0.497 e. The Morgan fingerprint density at radius 3 is 2.29 bits per heavy atom. The Morgan fingerprint density at radius 1 is 1.33 bits per heavy atom. The van der Waals surface area contributed by atoms with E-state index < -0.39 is 11.5 Å². The molecular weight excluding hydrogens is 270 g/mol. The first-order chi connectivity index (χ1) is 9.88. The normalized spacial score (nSPS) is 16.9. The van der Waals surface area contributed by atoms with Gasteiger partial charge in [-0.2, -0.15) is 0 Å². The Bertz CT molecular complexity index is 536. The number of carbonyl (C=O) groups is 2. The maximum Gasteiger partial charge on any atom is 0.329 e. The van der Waals surface area contributed by atoms with Gasteiger partial charge in [0.2, 0.25) is 5.91 Å². The summed E-state index contributed by atoms with van der Waals surface area (Å²) in [4.78, 5) is 25.2. The minimum Gasteiger partial charge on any atom is -0.497 e. The topological polar surface area (TPSA) is 66.8 Å². The number of hydrogen-bond donors (Lipinski definition) is 1. The summed E-state index contributed by atoms with van der Waals surface area (Å²) in [6, 6.07) is 7.33. The van der Waals surface area contributed by atoms with E-state index in [-0.39, 0.29) is 18.4 Å². The fraction of sp³-hybridized carbons (Fsp3) is 0.500. The first-order valence-electron chi connectivity index (χ1n) is 7.04. The van der Waals surface area contributed by atoms with Crippen LogP contribution in [0.3, 0.4) is 0 Å². The van der Waals surface area contributed by atoms with Gasteiger partial charge in [-0.25, -0.2) is 4.79 Å². The molecule has 1 N–H and O–H groups in total. The molecule has 0 heterocycles. The number of nitrogens with zero attached hydrogens (tertiary/aromatic N) is 1. The third-order valence-corrected chi connectivity index (χ3v) is 3.95. The minimum absolute atomic E-state index is 0.0573. The number of methoxy groups -OCH3 is 1. The van der Waals surface area contributed by atoms with Gasteiger partial charge in [-0.15, -0.1) is 0 Å². The number of rotatable bonds is 6. The van der Waals surface area contributed by atoms with Crippen LogP contribution >= 0.6 is 0 Å². The second-order valence-electron chi connectivity index (χ2n) is 5.72. The van der Waals surface area contributed by atoms with Crippen LogP contribution in [0.1, 0.15) is 32.3 Å². The molecular formula is C16H21NO4. The van der Waals surface area contributed by atoms with E-state index in [1.807, 2.05) is 12.1 Å². The molecule has 1 atom stereocenters. The number of carboxylic acid groups (broad SMARTS) is 1. The van der Waals surface area contributed by atoms with Crippen molar-refractivity contribution in [2.75, 3.05) is 7.11 Å². The van der Waals surface area contributed by atoms with E-state index in [4.69, 9.17) is 4.74 Å². The van der Waals surface area contributed by atoms with E-state index in [9.17, 15) is 14.7 Å². The highest BCUT2D eigenvalue weighted by molar-refractivity contribution is 5.86.